The van der Waals surface area contributed by atoms with Gasteiger partial charge in [0.25, 0.3) is 0 Å². The zero-order chi connectivity index (χ0) is 15.5. The van der Waals surface area contributed by atoms with Gasteiger partial charge < -0.3 is 11.1 Å². The molecule has 0 bridgehead atoms. The molecule has 0 spiro atoms. The third kappa shape index (κ3) is 3.97. The fraction of sp³-hybridized carbons (Fsp3) is 0.882. The number of amides is 1. The zero-order valence-electron chi connectivity index (χ0n) is 13.5. The molecule has 0 aliphatic heterocycles. The molecule has 0 unspecified atom stereocenters. The van der Waals surface area contributed by atoms with Gasteiger partial charge in [-0.2, -0.15) is 0 Å². The SMILES string of the molecule is CC1(C)CCC(NC(=O)C2(C(N)=S)CCCCCC2)CC1. The highest BCUT2D eigenvalue weighted by Crippen LogP contribution is 2.38. The maximum absolute atomic E-state index is 12.9. The monoisotopic (exact) mass is 310 g/mol. The Kier molecular flexibility index (Phi) is 5.29. The van der Waals surface area contributed by atoms with Crippen molar-refractivity contribution in [3.63, 3.8) is 0 Å². The number of hydrogen-bond donors (Lipinski definition) is 2. The Morgan fingerprint density at radius 3 is 2.05 bits per heavy atom. The van der Waals surface area contributed by atoms with Crippen LogP contribution in [-0.4, -0.2) is 16.9 Å². The van der Waals surface area contributed by atoms with E-state index in [4.69, 9.17) is 18.0 Å². The number of hydrogen-bond acceptors (Lipinski definition) is 2. The molecule has 0 radical (unpaired) electrons. The molecule has 0 aromatic heterocycles. The Morgan fingerprint density at radius 1 is 1.05 bits per heavy atom. The Morgan fingerprint density at radius 2 is 1.57 bits per heavy atom. The maximum atomic E-state index is 12.9. The van der Waals surface area contributed by atoms with E-state index >= 15 is 0 Å². The van der Waals surface area contributed by atoms with E-state index in [-0.39, 0.29) is 5.91 Å². The highest BCUT2D eigenvalue weighted by atomic mass is 32.1. The molecule has 2 rings (SSSR count). The number of thiocarbonyl (C=S) groups is 1. The molecule has 0 saturated heterocycles. The largest absolute Gasteiger partial charge is 0.392 e. The van der Waals surface area contributed by atoms with Crippen molar-refractivity contribution in [2.45, 2.75) is 84.1 Å². The summed E-state index contributed by atoms with van der Waals surface area (Å²) in [6.45, 7) is 4.62. The molecule has 4 heteroatoms. The van der Waals surface area contributed by atoms with Gasteiger partial charge >= 0.3 is 0 Å². The van der Waals surface area contributed by atoms with E-state index in [1.807, 2.05) is 0 Å². The van der Waals surface area contributed by atoms with Crippen LogP contribution in [0.5, 0.6) is 0 Å². The Bertz CT molecular complexity index is 388. The van der Waals surface area contributed by atoms with Crippen molar-refractivity contribution in [2.75, 3.05) is 0 Å². The molecule has 2 saturated carbocycles. The van der Waals surface area contributed by atoms with E-state index in [9.17, 15) is 4.79 Å². The lowest BCUT2D eigenvalue weighted by Gasteiger charge is -2.37. The summed E-state index contributed by atoms with van der Waals surface area (Å²) in [6.07, 6.45) is 10.7. The van der Waals surface area contributed by atoms with Crippen LogP contribution in [0.1, 0.15) is 78.1 Å². The summed E-state index contributed by atoms with van der Waals surface area (Å²) in [4.78, 5) is 13.3. The first-order valence-corrected chi connectivity index (χ1v) is 8.87. The molecule has 2 fully saturated rings. The van der Waals surface area contributed by atoms with Gasteiger partial charge in [-0.1, -0.05) is 51.7 Å². The van der Waals surface area contributed by atoms with Crippen LogP contribution in [0.3, 0.4) is 0 Å². The van der Waals surface area contributed by atoms with E-state index in [1.165, 1.54) is 25.7 Å². The molecule has 0 aromatic rings. The number of nitrogens with two attached hydrogens (primary N) is 1. The molecule has 3 nitrogen and oxygen atoms in total. The van der Waals surface area contributed by atoms with Gasteiger partial charge in [0.2, 0.25) is 5.91 Å². The lowest BCUT2D eigenvalue weighted by atomic mass is 9.74. The maximum Gasteiger partial charge on any atom is 0.233 e. The van der Waals surface area contributed by atoms with Crippen LogP contribution < -0.4 is 11.1 Å². The third-order valence-corrected chi connectivity index (χ3v) is 5.93. The van der Waals surface area contributed by atoms with E-state index in [2.05, 4.69) is 19.2 Å². The second-order valence-corrected chi connectivity index (χ2v) is 8.21. The van der Waals surface area contributed by atoms with Crippen molar-refractivity contribution < 1.29 is 4.79 Å². The molecule has 0 atom stereocenters. The first-order chi connectivity index (χ1) is 9.86. The Hall–Kier alpha value is -0.640. The van der Waals surface area contributed by atoms with Gasteiger partial charge in [-0.15, -0.1) is 0 Å². The minimum atomic E-state index is -0.585. The highest BCUT2D eigenvalue weighted by Gasteiger charge is 2.42. The molecule has 0 heterocycles. The summed E-state index contributed by atoms with van der Waals surface area (Å²) in [5, 5.41) is 3.27. The van der Waals surface area contributed by atoms with Crippen molar-refractivity contribution >= 4 is 23.1 Å². The van der Waals surface area contributed by atoms with E-state index in [1.54, 1.807) is 0 Å². The van der Waals surface area contributed by atoms with Crippen LogP contribution in [-0.2, 0) is 4.79 Å². The van der Waals surface area contributed by atoms with Crippen LogP contribution >= 0.6 is 12.2 Å². The average Bonchev–Trinajstić information content (AvgIpc) is 2.68. The molecule has 120 valence electrons. The van der Waals surface area contributed by atoms with Gasteiger partial charge in [0.05, 0.1) is 10.4 Å². The summed E-state index contributed by atoms with van der Waals surface area (Å²) < 4.78 is 0. The molecule has 0 aromatic carbocycles. The Balaban J connectivity index is 2.01. The molecule has 1 amide bonds. The molecule has 2 aliphatic carbocycles. The van der Waals surface area contributed by atoms with Crippen LogP contribution in [0, 0.1) is 10.8 Å². The van der Waals surface area contributed by atoms with Gasteiger partial charge in [0.1, 0.15) is 0 Å². The highest BCUT2D eigenvalue weighted by molar-refractivity contribution is 7.80. The lowest BCUT2D eigenvalue weighted by Crippen LogP contribution is -2.52. The molecular formula is C17H30N2OS. The van der Waals surface area contributed by atoms with Crippen LogP contribution in [0.2, 0.25) is 0 Å². The van der Waals surface area contributed by atoms with Gasteiger partial charge in [-0.25, -0.2) is 0 Å². The number of carbonyl (C=O) groups excluding carboxylic acids is 1. The summed E-state index contributed by atoms with van der Waals surface area (Å²) in [5.74, 6) is 0.0987. The summed E-state index contributed by atoms with van der Waals surface area (Å²) in [5.41, 5.74) is 5.83. The molecule has 2 aliphatic rings. The number of carbonyl (C=O) groups is 1. The second kappa shape index (κ2) is 6.64. The first kappa shape index (κ1) is 16.7. The molecule has 3 N–H and O–H groups in total. The van der Waals surface area contributed by atoms with Gasteiger partial charge in [0.15, 0.2) is 0 Å². The van der Waals surface area contributed by atoms with E-state index < -0.39 is 5.41 Å². The average molecular weight is 311 g/mol. The van der Waals surface area contributed by atoms with E-state index in [0.29, 0.717) is 16.4 Å². The molecule has 21 heavy (non-hydrogen) atoms. The van der Waals surface area contributed by atoms with Gasteiger partial charge in [-0.05, 0) is 43.9 Å². The Labute approximate surface area is 134 Å². The predicted octanol–water partition coefficient (Wildman–Crippen LogP) is 3.70. The van der Waals surface area contributed by atoms with Crippen LogP contribution in [0.15, 0.2) is 0 Å². The van der Waals surface area contributed by atoms with Crippen molar-refractivity contribution in [3.05, 3.63) is 0 Å². The minimum Gasteiger partial charge on any atom is -0.392 e. The predicted molar refractivity (Wildman–Crippen MR) is 91.1 cm³/mol. The van der Waals surface area contributed by atoms with E-state index in [0.717, 1.165) is 38.5 Å². The fourth-order valence-corrected chi connectivity index (χ4v) is 4.08. The van der Waals surface area contributed by atoms with Crippen molar-refractivity contribution in [3.8, 4) is 0 Å². The zero-order valence-corrected chi connectivity index (χ0v) is 14.4. The number of nitrogens with one attached hydrogen (secondary N) is 1. The fourth-order valence-electron chi connectivity index (χ4n) is 3.78. The van der Waals surface area contributed by atoms with Gasteiger partial charge in [-0.3, -0.25) is 4.79 Å². The summed E-state index contributed by atoms with van der Waals surface area (Å²) >= 11 is 5.29. The van der Waals surface area contributed by atoms with Gasteiger partial charge in [0, 0.05) is 6.04 Å². The summed E-state index contributed by atoms with van der Waals surface area (Å²) in [6, 6.07) is 0.306. The summed E-state index contributed by atoms with van der Waals surface area (Å²) in [7, 11) is 0. The van der Waals surface area contributed by atoms with Crippen molar-refractivity contribution in [1.82, 2.24) is 5.32 Å². The first-order valence-electron chi connectivity index (χ1n) is 8.47. The topological polar surface area (TPSA) is 55.1 Å². The smallest absolute Gasteiger partial charge is 0.233 e. The third-order valence-electron chi connectivity index (χ3n) is 5.54. The number of rotatable bonds is 3. The minimum absolute atomic E-state index is 0.0987. The van der Waals surface area contributed by atoms with Crippen molar-refractivity contribution in [1.29, 1.82) is 0 Å². The quantitative estimate of drug-likeness (QED) is 0.617. The van der Waals surface area contributed by atoms with Crippen molar-refractivity contribution in [2.24, 2.45) is 16.6 Å². The van der Waals surface area contributed by atoms with Crippen LogP contribution in [0.25, 0.3) is 0 Å². The normalized spacial score (nSPS) is 25.8. The standard InChI is InChI=1S/C17H30N2OS/c1-16(2)11-7-13(8-12-16)19-15(20)17(14(18)21)9-5-3-4-6-10-17/h13H,3-12H2,1-2H3,(H2,18,21)(H,19,20). The molecular weight excluding hydrogens is 280 g/mol. The second-order valence-electron chi connectivity index (χ2n) is 7.77. The lowest BCUT2D eigenvalue weighted by molar-refractivity contribution is -0.129. The van der Waals surface area contributed by atoms with Crippen LogP contribution in [0.4, 0.5) is 0 Å².